The van der Waals surface area contributed by atoms with Crippen molar-refractivity contribution in [3.05, 3.63) is 69.9 Å². The number of phenols is 1. The van der Waals surface area contributed by atoms with E-state index in [1.54, 1.807) is 18.3 Å². The standard InChI is InChI=1S/C23H25N3O3S/c1-15(2)12-24-23-26(19(14-30-23)18-8-6-16(3)7-9-18)25-13-17-10-20(28-4)22(27)21(11-17)29-5/h6-11,13-14,27H,1,12H2,2-5H3. The maximum absolute atomic E-state index is 10.1. The highest BCUT2D eigenvalue weighted by Crippen LogP contribution is 2.36. The summed E-state index contributed by atoms with van der Waals surface area (Å²) in [6.07, 6.45) is 1.69. The lowest BCUT2D eigenvalue weighted by atomic mass is 10.1. The molecule has 1 N–H and O–H groups in total. The molecule has 6 nitrogen and oxygen atoms in total. The molecular weight excluding hydrogens is 398 g/mol. The molecule has 156 valence electrons. The molecule has 0 spiro atoms. The highest BCUT2D eigenvalue weighted by molar-refractivity contribution is 7.07. The number of aromatic nitrogens is 1. The average molecular weight is 424 g/mol. The van der Waals surface area contributed by atoms with Crippen molar-refractivity contribution in [3.8, 4) is 28.5 Å². The van der Waals surface area contributed by atoms with Crippen LogP contribution in [0.25, 0.3) is 11.3 Å². The third-order valence-electron chi connectivity index (χ3n) is 4.34. The van der Waals surface area contributed by atoms with Crippen LogP contribution in [0.15, 0.2) is 64.0 Å². The van der Waals surface area contributed by atoms with Crippen LogP contribution >= 0.6 is 11.3 Å². The van der Waals surface area contributed by atoms with Crippen LogP contribution in [-0.2, 0) is 0 Å². The van der Waals surface area contributed by atoms with Crippen molar-refractivity contribution in [1.29, 1.82) is 0 Å². The highest BCUT2D eigenvalue weighted by atomic mass is 32.1. The zero-order chi connectivity index (χ0) is 21.7. The van der Waals surface area contributed by atoms with Crippen molar-refractivity contribution in [1.82, 2.24) is 4.68 Å². The zero-order valence-corrected chi connectivity index (χ0v) is 18.4. The molecule has 30 heavy (non-hydrogen) atoms. The Morgan fingerprint density at radius 2 is 1.80 bits per heavy atom. The first-order valence-electron chi connectivity index (χ1n) is 9.34. The summed E-state index contributed by atoms with van der Waals surface area (Å²) < 4.78 is 12.3. The molecule has 0 saturated heterocycles. The van der Waals surface area contributed by atoms with Crippen molar-refractivity contribution in [2.75, 3.05) is 20.8 Å². The first-order valence-corrected chi connectivity index (χ1v) is 10.2. The van der Waals surface area contributed by atoms with Gasteiger partial charge >= 0.3 is 0 Å². The van der Waals surface area contributed by atoms with Gasteiger partial charge < -0.3 is 14.6 Å². The molecule has 0 unspecified atom stereocenters. The van der Waals surface area contributed by atoms with E-state index in [4.69, 9.17) is 9.47 Å². The Hall–Kier alpha value is -3.32. The Balaban J connectivity index is 2.09. The van der Waals surface area contributed by atoms with Gasteiger partial charge in [0, 0.05) is 16.5 Å². The number of aryl methyl sites for hydroxylation is 1. The summed E-state index contributed by atoms with van der Waals surface area (Å²) in [6.45, 7) is 8.46. The topological polar surface area (TPSA) is 68.3 Å². The molecule has 3 aromatic rings. The number of rotatable bonds is 7. The third-order valence-corrected chi connectivity index (χ3v) is 5.20. The van der Waals surface area contributed by atoms with E-state index in [9.17, 15) is 5.11 Å². The van der Waals surface area contributed by atoms with Crippen LogP contribution in [-0.4, -0.2) is 36.8 Å². The van der Waals surface area contributed by atoms with E-state index in [0.717, 1.165) is 27.2 Å². The van der Waals surface area contributed by atoms with E-state index in [2.05, 4.69) is 47.9 Å². The van der Waals surface area contributed by atoms with Crippen LogP contribution < -0.4 is 14.3 Å². The maximum atomic E-state index is 10.1. The van der Waals surface area contributed by atoms with Gasteiger partial charge in [-0.25, -0.2) is 4.68 Å². The second-order valence-corrected chi connectivity index (χ2v) is 7.71. The lowest BCUT2D eigenvalue weighted by molar-refractivity contribution is 0.340. The van der Waals surface area contributed by atoms with E-state index in [1.807, 2.05) is 17.0 Å². The molecule has 0 saturated carbocycles. The first-order chi connectivity index (χ1) is 14.4. The summed E-state index contributed by atoms with van der Waals surface area (Å²) >= 11 is 1.52. The number of aromatic hydroxyl groups is 1. The highest BCUT2D eigenvalue weighted by Gasteiger charge is 2.11. The van der Waals surface area contributed by atoms with Crippen LogP contribution in [0, 0.1) is 6.92 Å². The van der Waals surface area contributed by atoms with E-state index in [1.165, 1.54) is 31.1 Å². The van der Waals surface area contributed by atoms with Gasteiger partial charge in [0.2, 0.25) is 10.6 Å². The second-order valence-electron chi connectivity index (χ2n) is 6.87. The Morgan fingerprint density at radius 3 is 2.37 bits per heavy atom. The normalized spacial score (nSPS) is 11.8. The SMILES string of the molecule is C=C(C)CN=c1scc(-c2ccc(C)cc2)n1N=Cc1cc(OC)c(O)c(OC)c1. The fraction of sp³-hybridized carbons (Fsp3) is 0.217. The molecular formula is C23H25N3O3S. The molecule has 0 aliphatic heterocycles. The van der Waals surface area contributed by atoms with E-state index >= 15 is 0 Å². The molecule has 0 bridgehead atoms. The summed E-state index contributed by atoms with van der Waals surface area (Å²) in [7, 11) is 2.99. The molecule has 1 heterocycles. The number of hydrogen-bond acceptors (Lipinski definition) is 6. The quantitative estimate of drug-likeness (QED) is 0.446. The molecule has 0 fully saturated rings. The number of ether oxygens (including phenoxy) is 2. The fourth-order valence-corrected chi connectivity index (χ4v) is 3.59. The predicted molar refractivity (Wildman–Crippen MR) is 122 cm³/mol. The molecule has 0 radical (unpaired) electrons. The van der Waals surface area contributed by atoms with Gasteiger partial charge in [-0.15, -0.1) is 11.3 Å². The van der Waals surface area contributed by atoms with Crippen molar-refractivity contribution >= 4 is 17.6 Å². The molecule has 7 heteroatoms. The van der Waals surface area contributed by atoms with Gasteiger partial charge in [0.15, 0.2) is 11.5 Å². The summed E-state index contributed by atoms with van der Waals surface area (Å²) in [5.41, 5.74) is 4.88. The smallest absolute Gasteiger partial charge is 0.206 e. The molecule has 0 aliphatic rings. The summed E-state index contributed by atoms with van der Waals surface area (Å²) in [5, 5.41) is 16.8. The van der Waals surface area contributed by atoms with Crippen molar-refractivity contribution < 1.29 is 14.6 Å². The molecule has 1 aromatic heterocycles. The minimum Gasteiger partial charge on any atom is -0.502 e. The van der Waals surface area contributed by atoms with E-state index < -0.39 is 0 Å². The van der Waals surface area contributed by atoms with Crippen molar-refractivity contribution in [2.45, 2.75) is 13.8 Å². The first kappa shape index (κ1) is 21.4. The Bertz CT molecular complexity index is 1120. The Labute approximate surface area is 180 Å². The Morgan fingerprint density at radius 1 is 1.17 bits per heavy atom. The zero-order valence-electron chi connectivity index (χ0n) is 17.5. The van der Waals surface area contributed by atoms with Crippen molar-refractivity contribution in [2.24, 2.45) is 10.1 Å². The Kier molecular flexibility index (Phi) is 6.74. The van der Waals surface area contributed by atoms with Crippen LogP contribution in [0.2, 0.25) is 0 Å². The van der Waals surface area contributed by atoms with Crippen LogP contribution in [0.1, 0.15) is 18.1 Å². The summed E-state index contributed by atoms with van der Waals surface area (Å²) in [6, 6.07) is 11.7. The van der Waals surface area contributed by atoms with E-state index in [-0.39, 0.29) is 5.75 Å². The van der Waals surface area contributed by atoms with Gasteiger partial charge in [-0.3, -0.25) is 4.99 Å². The molecule has 0 aliphatic carbocycles. The van der Waals surface area contributed by atoms with Crippen LogP contribution in [0.4, 0.5) is 0 Å². The minimum atomic E-state index is -0.0437. The maximum Gasteiger partial charge on any atom is 0.206 e. The van der Waals surface area contributed by atoms with Crippen LogP contribution in [0.5, 0.6) is 17.2 Å². The number of nitrogens with zero attached hydrogens (tertiary/aromatic N) is 3. The molecule has 3 rings (SSSR count). The summed E-state index contributed by atoms with van der Waals surface area (Å²) in [5.74, 6) is 0.590. The molecule has 0 atom stereocenters. The van der Waals surface area contributed by atoms with Gasteiger partial charge in [0.05, 0.1) is 32.7 Å². The van der Waals surface area contributed by atoms with Gasteiger partial charge in [0.25, 0.3) is 0 Å². The fourth-order valence-electron chi connectivity index (χ4n) is 2.76. The van der Waals surface area contributed by atoms with E-state index in [0.29, 0.717) is 18.0 Å². The lowest BCUT2D eigenvalue weighted by Gasteiger charge is -2.09. The summed E-state index contributed by atoms with van der Waals surface area (Å²) in [4.78, 5) is 5.41. The second kappa shape index (κ2) is 9.45. The van der Waals surface area contributed by atoms with Gasteiger partial charge in [-0.1, -0.05) is 42.0 Å². The predicted octanol–water partition coefficient (Wildman–Crippen LogP) is 4.61. The monoisotopic (exact) mass is 423 g/mol. The number of phenolic OH excluding ortho intramolecular Hbond substituents is 1. The number of hydrogen-bond donors (Lipinski definition) is 1. The number of methoxy groups -OCH3 is 2. The van der Waals surface area contributed by atoms with Crippen LogP contribution in [0.3, 0.4) is 0 Å². The van der Waals surface area contributed by atoms with Gasteiger partial charge in [-0.2, -0.15) is 5.10 Å². The third kappa shape index (κ3) is 4.80. The number of benzene rings is 2. The molecule has 2 aromatic carbocycles. The van der Waals surface area contributed by atoms with Crippen molar-refractivity contribution in [3.63, 3.8) is 0 Å². The number of thiazole rings is 1. The molecule has 0 amide bonds. The average Bonchev–Trinajstić information content (AvgIpc) is 3.14. The lowest BCUT2D eigenvalue weighted by Crippen LogP contribution is -2.13. The largest absolute Gasteiger partial charge is 0.502 e. The van der Waals surface area contributed by atoms with Gasteiger partial charge in [-0.05, 0) is 26.0 Å². The van der Waals surface area contributed by atoms with Gasteiger partial charge in [0.1, 0.15) is 0 Å². The minimum absolute atomic E-state index is 0.0437.